The highest BCUT2D eigenvalue weighted by molar-refractivity contribution is 5.99. The van der Waals surface area contributed by atoms with Crippen molar-refractivity contribution < 1.29 is 9.18 Å². The normalized spacial score (nSPS) is 12.2. The number of pyridine rings is 2. The Morgan fingerprint density at radius 2 is 2.00 bits per heavy atom. The summed E-state index contributed by atoms with van der Waals surface area (Å²) in [4.78, 5) is 20.3. The highest BCUT2D eigenvalue weighted by Crippen LogP contribution is 2.25. The molecule has 1 amide bonds. The quantitative estimate of drug-likeness (QED) is 0.463. The van der Waals surface area contributed by atoms with Gasteiger partial charge in [-0.3, -0.25) is 9.78 Å². The molecule has 0 fully saturated rings. The molecular formula is C21H25FN6O. The standard InChI is InChI=1S/C21H25FN6O/c1-12(2)8-14(23)11-26-21-17(22)10-16(19(24)29)20(28-21)27-15-5-6-18-13(9-15)4-3-7-25-18/h3-7,9-10,12,14H,8,11,23H2,1-2H3,(H2,24,29)(H2,26,27,28)/t14-/m1/s1. The van der Waals surface area contributed by atoms with Gasteiger partial charge in [-0.2, -0.15) is 0 Å². The molecule has 8 heteroatoms. The molecule has 0 spiro atoms. The van der Waals surface area contributed by atoms with Crippen molar-refractivity contribution in [1.82, 2.24) is 9.97 Å². The van der Waals surface area contributed by atoms with Crippen molar-refractivity contribution >= 4 is 34.1 Å². The van der Waals surface area contributed by atoms with E-state index in [1.807, 2.05) is 24.3 Å². The van der Waals surface area contributed by atoms with E-state index in [0.717, 1.165) is 23.4 Å². The molecule has 0 aliphatic rings. The number of hydrogen-bond acceptors (Lipinski definition) is 6. The zero-order valence-electron chi connectivity index (χ0n) is 16.4. The fourth-order valence-electron chi connectivity index (χ4n) is 3.10. The molecule has 3 rings (SSSR count). The van der Waals surface area contributed by atoms with Crippen molar-refractivity contribution in [1.29, 1.82) is 0 Å². The predicted octanol–water partition coefficient (Wildman–Crippen LogP) is 3.40. The highest BCUT2D eigenvalue weighted by Gasteiger charge is 2.17. The number of anilines is 3. The van der Waals surface area contributed by atoms with E-state index < -0.39 is 11.7 Å². The Hall–Kier alpha value is -3.26. The summed E-state index contributed by atoms with van der Waals surface area (Å²) in [6.45, 7) is 4.50. The van der Waals surface area contributed by atoms with Gasteiger partial charge in [-0.1, -0.05) is 19.9 Å². The van der Waals surface area contributed by atoms with Gasteiger partial charge in [0.05, 0.1) is 11.1 Å². The highest BCUT2D eigenvalue weighted by atomic mass is 19.1. The molecule has 7 nitrogen and oxygen atoms in total. The Morgan fingerprint density at radius 1 is 1.21 bits per heavy atom. The summed E-state index contributed by atoms with van der Waals surface area (Å²) in [5, 5.41) is 6.90. The molecule has 0 aliphatic carbocycles. The van der Waals surface area contributed by atoms with Gasteiger partial charge in [0.15, 0.2) is 11.6 Å². The van der Waals surface area contributed by atoms with Crippen molar-refractivity contribution in [2.24, 2.45) is 17.4 Å². The monoisotopic (exact) mass is 396 g/mol. The molecule has 152 valence electrons. The van der Waals surface area contributed by atoms with E-state index in [1.165, 1.54) is 0 Å². The molecular weight excluding hydrogens is 371 g/mol. The molecule has 0 aliphatic heterocycles. The lowest BCUT2D eigenvalue weighted by molar-refractivity contribution is 0.100. The number of carbonyl (C=O) groups excluding carboxylic acids is 1. The molecule has 0 radical (unpaired) electrons. The molecule has 29 heavy (non-hydrogen) atoms. The molecule has 0 bridgehead atoms. The number of fused-ring (bicyclic) bond motifs is 1. The first-order valence-corrected chi connectivity index (χ1v) is 9.45. The van der Waals surface area contributed by atoms with Crippen LogP contribution in [-0.4, -0.2) is 28.5 Å². The zero-order chi connectivity index (χ0) is 21.0. The van der Waals surface area contributed by atoms with Crippen LogP contribution >= 0.6 is 0 Å². The van der Waals surface area contributed by atoms with E-state index >= 15 is 0 Å². The topological polar surface area (TPSA) is 119 Å². The number of benzene rings is 1. The molecule has 0 saturated carbocycles. The van der Waals surface area contributed by atoms with E-state index in [-0.39, 0.29) is 23.2 Å². The van der Waals surface area contributed by atoms with Crippen LogP contribution in [0.25, 0.3) is 10.9 Å². The van der Waals surface area contributed by atoms with Crippen LogP contribution in [0.1, 0.15) is 30.6 Å². The SMILES string of the molecule is CC(C)C[C@@H](N)CNc1nc(Nc2ccc3ncccc3c2)c(C(N)=O)cc1F. The van der Waals surface area contributed by atoms with Gasteiger partial charge in [0.1, 0.15) is 5.82 Å². The lowest BCUT2D eigenvalue weighted by atomic mass is 10.0. The lowest BCUT2D eigenvalue weighted by Crippen LogP contribution is -2.31. The van der Waals surface area contributed by atoms with Crippen LogP contribution in [-0.2, 0) is 0 Å². The smallest absolute Gasteiger partial charge is 0.252 e. The Kier molecular flexibility index (Phi) is 6.23. The summed E-state index contributed by atoms with van der Waals surface area (Å²) in [6.07, 6.45) is 2.51. The van der Waals surface area contributed by atoms with Crippen LogP contribution in [0.3, 0.4) is 0 Å². The summed E-state index contributed by atoms with van der Waals surface area (Å²) in [6, 6.07) is 10.2. The van der Waals surface area contributed by atoms with E-state index in [9.17, 15) is 9.18 Å². The number of primary amides is 1. The van der Waals surface area contributed by atoms with E-state index in [2.05, 4.69) is 34.4 Å². The number of halogens is 1. The van der Waals surface area contributed by atoms with Crippen molar-refractivity contribution in [3.8, 4) is 0 Å². The van der Waals surface area contributed by atoms with Gasteiger partial charge in [0, 0.05) is 29.9 Å². The summed E-state index contributed by atoms with van der Waals surface area (Å²) < 4.78 is 14.4. The van der Waals surface area contributed by atoms with Crippen molar-refractivity contribution in [2.75, 3.05) is 17.2 Å². The average molecular weight is 396 g/mol. The molecule has 3 aromatic rings. The molecule has 0 saturated heterocycles. The van der Waals surface area contributed by atoms with Gasteiger partial charge in [-0.15, -0.1) is 0 Å². The molecule has 2 aromatic heterocycles. The Bertz CT molecular complexity index is 1020. The van der Waals surface area contributed by atoms with E-state index in [0.29, 0.717) is 18.2 Å². The molecule has 1 aromatic carbocycles. The zero-order valence-corrected chi connectivity index (χ0v) is 16.4. The largest absolute Gasteiger partial charge is 0.366 e. The fraction of sp³-hybridized carbons (Fsp3) is 0.286. The first-order chi connectivity index (χ1) is 13.8. The van der Waals surface area contributed by atoms with Crippen LogP contribution in [0, 0.1) is 11.7 Å². The predicted molar refractivity (Wildman–Crippen MR) is 114 cm³/mol. The number of nitrogens with two attached hydrogens (primary N) is 2. The minimum absolute atomic E-state index is 0.0131. The number of nitrogens with zero attached hydrogens (tertiary/aromatic N) is 2. The number of hydrogen-bond donors (Lipinski definition) is 4. The van der Waals surface area contributed by atoms with Gasteiger partial charge in [-0.05, 0) is 42.7 Å². The van der Waals surface area contributed by atoms with Crippen molar-refractivity contribution in [2.45, 2.75) is 26.3 Å². The average Bonchev–Trinajstić information content (AvgIpc) is 2.67. The van der Waals surface area contributed by atoms with Crippen LogP contribution in [0.2, 0.25) is 0 Å². The Balaban J connectivity index is 1.87. The minimum Gasteiger partial charge on any atom is -0.366 e. The number of rotatable bonds is 8. The molecule has 1 atom stereocenters. The van der Waals surface area contributed by atoms with Gasteiger partial charge in [-0.25, -0.2) is 9.37 Å². The summed E-state index contributed by atoms with van der Waals surface area (Å²) in [7, 11) is 0. The Labute approximate surface area is 168 Å². The van der Waals surface area contributed by atoms with Gasteiger partial charge in [0.25, 0.3) is 5.91 Å². The van der Waals surface area contributed by atoms with Crippen LogP contribution in [0.5, 0.6) is 0 Å². The van der Waals surface area contributed by atoms with E-state index in [1.54, 1.807) is 12.3 Å². The second-order valence-electron chi connectivity index (χ2n) is 7.39. The van der Waals surface area contributed by atoms with Crippen LogP contribution < -0.4 is 22.1 Å². The van der Waals surface area contributed by atoms with Gasteiger partial charge < -0.3 is 22.1 Å². The lowest BCUT2D eigenvalue weighted by Gasteiger charge is -2.17. The summed E-state index contributed by atoms with van der Waals surface area (Å²) >= 11 is 0. The maximum atomic E-state index is 14.4. The number of carbonyl (C=O) groups is 1. The van der Waals surface area contributed by atoms with Crippen LogP contribution in [0.4, 0.5) is 21.7 Å². The van der Waals surface area contributed by atoms with Crippen molar-refractivity contribution in [3.05, 3.63) is 54.0 Å². The summed E-state index contributed by atoms with van der Waals surface area (Å²) in [5.41, 5.74) is 12.9. The third kappa shape index (κ3) is 5.17. The molecule has 2 heterocycles. The van der Waals surface area contributed by atoms with Crippen LogP contribution in [0.15, 0.2) is 42.6 Å². The third-order valence-electron chi connectivity index (χ3n) is 4.41. The maximum absolute atomic E-state index is 14.4. The number of amides is 1. The Morgan fingerprint density at radius 3 is 2.72 bits per heavy atom. The third-order valence-corrected chi connectivity index (χ3v) is 4.41. The van der Waals surface area contributed by atoms with Gasteiger partial charge in [0.2, 0.25) is 0 Å². The number of aromatic nitrogens is 2. The van der Waals surface area contributed by atoms with E-state index in [4.69, 9.17) is 11.5 Å². The summed E-state index contributed by atoms with van der Waals surface area (Å²) in [5.74, 6) is -0.823. The van der Waals surface area contributed by atoms with Gasteiger partial charge >= 0.3 is 0 Å². The maximum Gasteiger partial charge on any atom is 0.252 e. The first kappa shape index (κ1) is 20.5. The van der Waals surface area contributed by atoms with Crippen molar-refractivity contribution in [3.63, 3.8) is 0 Å². The number of nitrogens with one attached hydrogen (secondary N) is 2. The molecule has 0 unspecified atom stereocenters. The fourth-order valence-corrected chi connectivity index (χ4v) is 3.10. The first-order valence-electron chi connectivity index (χ1n) is 9.45. The molecule has 6 N–H and O–H groups in total. The second kappa shape index (κ2) is 8.83. The minimum atomic E-state index is -0.774. The second-order valence-corrected chi connectivity index (χ2v) is 7.39.